The maximum Gasteiger partial charge on any atom is 0.338 e. The van der Waals surface area contributed by atoms with Crippen LogP contribution in [0.5, 0.6) is 0 Å². The molecule has 5 nitrogen and oxygen atoms in total. The topological polar surface area (TPSA) is 55.8 Å². The number of carbonyl (C=O) groups excluding carboxylic acids is 2. The summed E-state index contributed by atoms with van der Waals surface area (Å²) in [5.41, 5.74) is 0.945. The first-order valence-corrected chi connectivity index (χ1v) is 7.79. The van der Waals surface area contributed by atoms with Crippen LogP contribution in [0.15, 0.2) is 24.3 Å². The zero-order chi connectivity index (χ0) is 17.6. The highest BCUT2D eigenvalue weighted by Gasteiger charge is 2.23. The Hall–Kier alpha value is -1.88. The summed E-state index contributed by atoms with van der Waals surface area (Å²) in [6, 6.07) is 6.79. The Kier molecular flexibility index (Phi) is 6.76. The highest BCUT2D eigenvalue weighted by atomic mass is 16.6. The van der Waals surface area contributed by atoms with Crippen molar-refractivity contribution in [1.82, 2.24) is 4.90 Å². The van der Waals surface area contributed by atoms with Gasteiger partial charge in [-0.3, -0.25) is 9.69 Å². The number of ether oxygens (including phenoxy) is 2. The van der Waals surface area contributed by atoms with Crippen molar-refractivity contribution < 1.29 is 19.1 Å². The van der Waals surface area contributed by atoms with Crippen LogP contribution >= 0.6 is 0 Å². The Morgan fingerprint density at radius 1 is 1.13 bits per heavy atom. The van der Waals surface area contributed by atoms with E-state index in [1.807, 2.05) is 51.9 Å². The number of benzene rings is 1. The van der Waals surface area contributed by atoms with E-state index in [9.17, 15) is 9.59 Å². The van der Waals surface area contributed by atoms with Gasteiger partial charge in [0.1, 0.15) is 11.6 Å². The Morgan fingerprint density at radius 3 is 2.13 bits per heavy atom. The number of likely N-dealkylation sites (N-methyl/N-ethyl adjacent to an activating group) is 1. The van der Waals surface area contributed by atoms with Crippen molar-refractivity contribution in [2.45, 2.75) is 45.8 Å². The van der Waals surface area contributed by atoms with E-state index in [1.165, 1.54) is 0 Å². The Labute approximate surface area is 138 Å². The molecule has 0 heterocycles. The lowest BCUT2D eigenvalue weighted by atomic mass is 10.0. The van der Waals surface area contributed by atoms with E-state index in [4.69, 9.17) is 9.47 Å². The number of nitrogens with zero attached hydrogens (tertiary/aromatic N) is 1. The second-order valence-electron chi connectivity index (χ2n) is 6.63. The average Bonchev–Trinajstić information content (AvgIpc) is 2.43. The number of hydrogen-bond donors (Lipinski definition) is 0. The standard InChI is InChI=1S/C18H27NO4/c1-7-22-17(21)15(19(5)6)12-13-8-10-14(11-9-13)16(20)23-18(2,3)4/h8-11,15H,7,12H2,1-6H3. The van der Waals surface area contributed by atoms with Crippen molar-refractivity contribution in [3.05, 3.63) is 35.4 Å². The van der Waals surface area contributed by atoms with Crippen molar-refractivity contribution in [1.29, 1.82) is 0 Å². The van der Waals surface area contributed by atoms with Crippen LogP contribution in [-0.4, -0.2) is 49.2 Å². The fourth-order valence-corrected chi connectivity index (χ4v) is 2.05. The fourth-order valence-electron chi connectivity index (χ4n) is 2.05. The molecule has 23 heavy (non-hydrogen) atoms. The molecule has 0 bridgehead atoms. The van der Waals surface area contributed by atoms with Gasteiger partial charge in [-0.15, -0.1) is 0 Å². The lowest BCUT2D eigenvalue weighted by Gasteiger charge is -2.22. The first kappa shape index (κ1) is 19.2. The molecule has 1 aromatic carbocycles. The summed E-state index contributed by atoms with van der Waals surface area (Å²) in [5, 5.41) is 0. The summed E-state index contributed by atoms with van der Waals surface area (Å²) in [7, 11) is 3.69. The normalized spacial score (nSPS) is 12.8. The Balaban J connectivity index is 2.79. The van der Waals surface area contributed by atoms with Gasteiger partial charge < -0.3 is 9.47 Å². The maximum atomic E-state index is 12.0. The molecule has 0 aliphatic heterocycles. The van der Waals surface area contributed by atoms with Crippen molar-refractivity contribution in [2.24, 2.45) is 0 Å². The van der Waals surface area contributed by atoms with Gasteiger partial charge >= 0.3 is 11.9 Å². The zero-order valence-electron chi connectivity index (χ0n) is 14.9. The molecule has 0 aliphatic carbocycles. The van der Waals surface area contributed by atoms with Crippen LogP contribution in [0.1, 0.15) is 43.6 Å². The Morgan fingerprint density at radius 2 is 1.70 bits per heavy atom. The number of esters is 2. The van der Waals surface area contributed by atoms with Gasteiger partial charge in [-0.2, -0.15) is 0 Å². The van der Waals surface area contributed by atoms with Crippen LogP contribution in [-0.2, 0) is 20.7 Å². The number of carbonyl (C=O) groups is 2. The average molecular weight is 321 g/mol. The molecule has 1 atom stereocenters. The second kappa shape index (κ2) is 8.11. The third-order valence-electron chi connectivity index (χ3n) is 3.20. The first-order chi connectivity index (χ1) is 10.6. The van der Waals surface area contributed by atoms with Crippen molar-refractivity contribution in [2.75, 3.05) is 20.7 Å². The van der Waals surface area contributed by atoms with Crippen LogP contribution in [0.2, 0.25) is 0 Å². The van der Waals surface area contributed by atoms with Crippen LogP contribution in [0.3, 0.4) is 0 Å². The third kappa shape index (κ3) is 6.40. The molecule has 5 heteroatoms. The van der Waals surface area contributed by atoms with E-state index >= 15 is 0 Å². The van der Waals surface area contributed by atoms with E-state index in [-0.39, 0.29) is 18.0 Å². The van der Waals surface area contributed by atoms with Gasteiger partial charge in [-0.25, -0.2) is 4.79 Å². The lowest BCUT2D eigenvalue weighted by molar-refractivity contribution is -0.148. The molecular weight excluding hydrogens is 294 g/mol. The van der Waals surface area contributed by atoms with Crippen molar-refractivity contribution in [3.8, 4) is 0 Å². The Bertz CT molecular complexity index is 529. The third-order valence-corrected chi connectivity index (χ3v) is 3.20. The highest BCUT2D eigenvalue weighted by molar-refractivity contribution is 5.89. The molecule has 0 amide bonds. The molecule has 0 radical (unpaired) electrons. The van der Waals surface area contributed by atoms with Crippen LogP contribution in [0.25, 0.3) is 0 Å². The number of rotatable bonds is 6. The summed E-state index contributed by atoms with van der Waals surface area (Å²) >= 11 is 0. The molecular formula is C18H27NO4. The van der Waals surface area contributed by atoms with E-state index < -0.39 is 5.60 Å². The second-order valence-corrected chi connectivity index (χ2v) is 6.63. The largest absolute Gasteiger partial charge is 0.465 e. The van der Waals surface area contributed by atoms with Gasteiger partial charge in [-0.1, -0.05) is 12.1 Å². The maximum absolute atomic E-state index is 12.0. The SMILES string of the molecule is CCOC(=O)C(Cc1ccc(C(=O)OC(C)(C)C)cc1)N(C)C. The minimum atomic E-state index is -0.518. The minimum absolute atomic E-state index is 0.242. The van der Waals surface area contributed by atoms with E-state index in [1.54, 1.807) is 19.1 Å². The molecule has 0 spiro atoms. The summed E-state index contributed by atoms with van der Waals surface area (Å²) in [5.74, 6) is -0.590. The lowest BCUT2D eigenvalue weighted by Crippen LogP contribution is -2.39. The van der Waals surface area contributed by atoms with Gasteiger partial charge in [0.2, 0.25) is 0 Å². The molecule has 1 unspecified atom stereocenters. The number of hydrogen-bond acceptors (Lipinski definition) is 5. The van der Waals surface area contributed by atoms with Gasteiger partial charge in [-0.05, 0) is 65.9 Å². The van der Waals surface area contributed by atoms with E-state index in [0.717, 1.165) is 5.56 Å². The molecule has 0 N–H and O–H groups in total. The van der Waals surface area contributed by atoms with Crippen LogP contribution in [0.4, 0.5) is 0 Å². The summed E-state index contributed by atoms with van der Waals surface area (Å²) < 4.78 is 10.4. The van der Waals surface area contributed by atoms with E-state index in [0.29, 0.717) is 18.6 Å². The minimum Gasteiger partial charge on any atom is -0.465 e. The quantitative estimate of drug-likeness (QED) is 0.754. The highest BCUT2D eigenvalue weighted by Crippen LogP contribution is 2.14. The zero-order valence-corrected chi connectivity index (χ0v) is 14.9. The molecule has 0 aromatic heterocycles. The molecule has 0 saturated heterocycles. The van der Waals surface area contributed by atoms with Gasteiger partial charge in [0.25, 0.3) is 0 Å². The first-order valence-electron chi connectivity index (χ1n) is 7.79. The van der Waals surface area contributed by atoms with Crippen LogP contribution < -0.4 is 0 Å². The smallest absolute Gasteiger partial charge is 0.338 e. The fraction of sp³-hybridized carbons (Fsp3) is 0.556. The molecule has 1 aromatic rings. The summed E-state index contributed by atoms with van der Waals surface area (Å²) in [4.78, 5) is 25.8. The molecule has 0 aliphatic rings. The predicted molar refractivity (Wildman–Crippen MR) is 89.4 cm³/mol. The summed E-state index contributed by atoms with van der Waals surface area (Å²) in [6.45, 7) is 7.65. The molecule has 128 valence electrons. The molecule has 1 rings (SSSR count). The van der Waals surface area contributed by atoms with Crippen molar-refractivity contribution in [3.63, 3.8) is 0 Å². The van der Waals surface area contributed by atoms with Gasteiger partial charge in [0, 0.05) is 0 Å². The van der Waals surface area contributed by atoms with Gasteiger partial charge in [0.05, 0.1) is 12.2 Å². The van der Waals surface area contributed by atoms with E-state index in [2.05, 4.69) is 0 Å². The monoisotopic (exact) mass is 321 g/mol. The van der Waals surface area contributed by atoms with Crippen molar-refractivity contribution >= 4 is 11.9 Å². The van der Waals surface area contributed by atoms with Crippen LogP contribution in [0, 0.1) is 0 Å². The molecule has 0 saturated carbocycles. The van der Waals surface area contributed by atoms with Gasteiger partial charge in [0.15, 0.2) is 0 Å². The molecule has 0 fully saturated rings. The summed E-state index contributed by atoms with van der Waals surface area (Å²) in [6.07, 6.45) is 0.528. The predicted octanol–water partition coefficient (Wildman–Crippen LogP) is 2.68.